The molecule has 186 valence electrons. The normalized spacial score (nSPS) is 23.9. The summed E-state index contributed by atoms with van der Waals surface area (Å²) in [5, 5.41) is 13.4. The van der Waals surface area contributed by atoms with Crippen molar-refractivity contribution in [3.8, 4) is 5.75 Å². The number of phenols is 1. The number of anilines is 1. The number of phenolic OH excluding ortho intramolecular Hbond substituents is 1. The molecule has 3 aliphatic rings. The molecule has 1 unspecified atom stereocenters. The standard InChI is InChI=1S/C26H32N4O5/c1-26(30-11-13-34-14-12-30)5-3-18(4-6-26)27-25(33)23-17-22(32)20-15-19(31)16-21(24(20)35-23)29-9-7-28(2)8-10-29/h3-5,15-17,31H,6-14H2,1-2H3,(H,27,33). The highest BCUT2D eigenvalue weighted by molar-refractivity contribution is 5.97. The predicted molar refractivity (Wildman–Crippen MR) is 134 cm³/mol. The summed E-state index contributed by atoms with van der Waals surface area (Å²) in [6.07, 6.45) is 6.77. The maximum absolute atomic E-state index is 13.1. The molecule has 2 N–H and O–H groups in total. The lowest BCUT2D eigenvalue weighted by molar-refractivity contribution is -0.000106. The number of hydrogen-bond acceptors (Lipinski definition) is 8. The molecular weight excluding hydrogens is 448 g/mol. The molecule has 2 aromatic rings. The molecule has 3 heterocycles. The Balaban J connectivity index is 1.38. The third kappa shape index (κ3) is 4.84. The minimum atomic E-state index is -0.479. The van der Waals surface area contributed by atoms with Crippen molar-refractivity contribution < 1.29 is 19.1 Å². The van der Waals surface area contributed by atoms with Gasteiger partial charge in [-0.3, -0.25) is 14.5 Å². The number of nitrogens with zero attached hydrogens (tertiary/aromatic N) is 3. The fourth-order valence-electron chi connectivity index (χ4n) is 4.94. The molecule has 9 nitrogen and oxygen atoms in total. The Hall–Kier alpha value is -3.14. The topological polar surface area (TPSA) is 98.5 Å². The monoisotopic (exact) mass is 480 g/mol. The van der Waals surface area contributed by atoms with Gasteiger partial charge in [0, 0.05) is 62.6 Å². The van der Waals surface area contributed by atoms with Gasteiger partial charge in [-0.25, -0.2) is 0 Å². The van der Waals surface area contributed by atoms with Crippen molar-refractivity contribution in [3.63, 3.8) is 0 Å². The van der Waals surface area contributed by atoms with Crippen LogP contribution in [0.1, 0.15) is 23.9 Å². The molecule has 5 rings (SSSR count). The SMILES string of the molecule is CN1CCN(c2cc(O)cc3c(=O)cc(C(=O)NC4=CCC(C)(N5CCOCC5)C=C4)oc23)CC1. The van der Waals surface area contributed by atoms with Crippen LogP contribution in [0.3, 0.4) is 0 Å². The molecule has 1 aromatic heterocycles. The molecule has 1 amide bonds. The highest BCUT2D eigenvalue weighted by Crippen LogP contribution is 2.32. The van der Waals surface area contributed by atoms with Gasteiger partial charge in [0.2, 0.25) is 0 Å². The molecule has 35 heavy (non-hydrogen) atoms. The van der Waals surface area contributed by atoms with Crippen LogP contribution >= 0.6 is 0 Å². The number of ether oxygens (including phenoxy) is 1. The summed E-state index contributed by atoms with van der Waals surface area (Å²) in [7, 11) is 2.05. The number of carbonyl (C=O) groups excluding carboxylic acids is 1. The van der Waals surface area contributed by atoms with Gasteiger partial charge in [0.25, 0.3) is 5.91 Å². The zero-order chi connectivity index (χ0) is 24.6. The van der Waals surface area contributed by atoms with Crippen LogP contribution in [-0.2, 0) is 4.74 Å². The van der Waals surface area contributed by atoms with Gasteiger partial charge in [-0.05, 0) is 32.5 Å². The van der Waals surface area contributed by atoms with Crippen molar-refractivity contribution in [2.45, 2.75) is 18.9 Å². The van der Waals surface area contributed by atoms with Crippen molar-refractivity contribution in [2.75, 3.05) is 64.4 Å². The molecule has 0 saturated carbocycles. The van der Waals surface area contributed by atoms with Crippen molar-refractivity contribution in [3.05, 3.63) is 58.1 Å². The molecule has 1 atom stereocenters. The zero-order valence-corrected chi connectivity index (χ0v) is 20.2. The molecule has 0 spiro atoms. The summed E-state index contributed by atoms with van der Waals surface area (Å²) in [6.45, 7) is 8.56. The van der Waals surface area contributed by atoms with Gasteiger partial charge in [0.1, 0.15) is 5.75 Å². The number of amides is 1. The molecule has 0 bridgehead atoms. The van der Waals surface area contributed by atoms with Gasteiger partial charge in [0.15, 0.2) is 16.8 Å². The Morgan fingerprint density at radius 1 is 1.09 bits per heavy atom. The van der Waals surface area contributed by atoms with Gasteiger partial charge < -0.3 is 29.4 Å². The van der Waals surface area contributed by atoms with Gasteiger partial charge in [-0.15, -0.1) is 0 Å². The minimum absolute atomic E-state index is 0.00301. The molecule has 2 aliphatic heterocycles. The van der Waals surface area contributed by atoms with Gasteiger partial charge in [-0.2, -0.15) is 0 Å². The molecule has 1 aromatic carbocycles. The number of morpholine rings is 1. The summed E-state index contributed by atoms with van der Waals surface area (Å²) >= 11 is 0. The highest BCUT2D eigenvalue weighted by atomic mass is 16.5. The maximum atomic E-state index is 13.1. The zero-order valence-electron chi connectivity index (χ0n) is 20.2. The Labute approximate surface area is 204 Å². The largest absolute Gasteiger partial charge is 0.508 e. The number of piperazine rings is 1. The third-order valence-electron chi connectivity index (χ3n) is 7.21. The van der Waals surface area contributed by atoms with Crippen molar-refractivity contribution in [2.24, 2.45) is 0 Å². The molecule has 2 fully saturated rings. The number of benzene rings is 1. The smallest absolute Gasteiger partial charge is 0.291 e. The predicted octanol–water partition coefficient (Wildman–Crippen LogP) is 1.91. The number of carbonyl (C=O) groups is 1. The average molecular weight is 481 g/mol. The van der Waals surface area contributed by atoms with E-state index in [2.05, 4.69) is 40.1 Å². The van der Waals surface area contributed by atoms with Gasteiger partial charge in [0.05, 0.1) is 24.3 Å². The van der Waals surface area contributed by atoms with Crippen LogP contribution in [0, 0.1) is 0 Å². The lowest BCUT2D eigenvalue weighted by atomic mass is 9.90. The van der Waals surface area contributed by atoms with Crippen molar-refractivity contribution in [1.29, 1.82) is 0 Å². The van der Waals surface area contributed by atoms with E-state index in [0.717, 1.165) is 58.9 Å². The summed E-state index contributed by atoms with van der Waals surface area (Å²) < 4.78 is 11.5. The number of nitrogens with one attached hydrogen (secondary N) is 1. The molecule has 2 saturated heterocycles. The molecule has 9 heteroatoms. The highest BCUT2D eigenvalue weighted by Gasteiger charge is 2.31. The Morgan fingerprint density at radius 3 is 2.51 bits per heavy atom. The van der Waals surface area contributed by atoms with E-state index in [4.69, 9.17) is 9.15 Å². The van der Waals surface area contributed by atoms with Gasteiger partial charge >= 0.3 is 0 Å². The van der Waals surface area contributed by atoms with E-state index in [1.54, 1.807) is 6.07 Å². The Kier molecular flexibility index (Phi) is 6.39. The summed E-state index contributed by atoms with van der Waals surface area (Å²) in [5.41, 5.74) is 1.13. The maximum Gasteiger partial charge on any atom is 0.291 e. The Morgan fingerprint density at radius 2 is 1.83 bits per heavy atom. The lowest BCUT2D eigenvalue weighted by Crippen LogP contribution is -2.51. The number of fused-ring (bicyclic) bond motifs is 1. The van der Waals surface area contributed by atoms with Crippen LogP contribution in [0.25, 0.3) is 11.0 Å². The number of likely N-dealkylation sites (N-methyl/N-ethyl adjacent to an activating group) is 1. The van der Waals surface area contributed by atoms with E-state index in [1.807, 2.05) is 12.2 Å². The van der Waals surface area contributed by atoms with E-state index in [1.165, 1.54) is 12.1 Å². The van der Waals surface area contributed by atoms with Crippen LogP contribution in [0.15, 0.2) is 51.3 Å². The second-order valence-corrected chi connectivity index (χ2v) is 9.71. The van der Waals surface area contributed by atoms with Crippen molar-refractivity contribution >= 4 is 22.6 Å². The van der Waals surface area contributed by atoms with E-state index >= 15 is 0 Å². The van der Waals surface area contributed by atoms with Crippen molar-refractivity contribution in [1.82, 2.24) is 15.1 Å². The second-order valence-electron chi connectivity index (χ2n) is 9.71. The fourth-order valence-corrected chi connectivity index (χ4v) is 4.94. The summed E-state index contributed by atoms with van der Waals surface area (Å²) in [5.74, 6) is -0.539. The first kappa shape index (κ1) is 23.6. The second kappa shape index (κ2) is 9.49. The molecule has 0 radical (unpaired) electrons. The number of aromatic hydroxyl groups is 1. The number of allylic oxidation sites excluding steroid dienone is 1. The first-order chi connectivity index (χ1) is 16.8. The average Bonchev–Trinajstić information content (AvgIpc) is 2.86. The lowest BCUT2D eigenvalue weighted by Gasteiger charge is -2.42. The van der Waals surface area contributed by atoms with Crippen LogP contribution in [-0.4, -0.2) is 85.9 Å². The molecular formula is C26H32N4O5. The van der Waals surface area contributed by atoms with Crippen LogP contribution in [0.4, 0.5) is 5.69 Å². The third-order valence-corrected chi connectivity index (χ3v) is 7.21. The first-order valence-corrected chi connectivity index (χ1v) is 12.1. The quantitative estimate of drug-likeness (QED) is 0.685. The van der Waals surface area contributed by atoms with E-state index in [-0.39, 0.29) is 27.9 Å². The number of rotatable bonds is 4. The summed E-state index contributed by atoms with van der Waals surface area (Å²) in [4.78, 5) is 32.6. The van der Waals surface area contributed by atoms with Crippen LogP contribution < -0.4 is 15.6 Å². The van der Waals surface area contributed by atoms with E-state index in [9.17, 15) is 14.7 Å². The fraction of sp³-hybridized carbons (Fsp3) is 0.462. The summed E-state index contributed by atoms with van der Waals surface area (Å²) in [6, 6.07) is 4.17. The van der Waals surface area contributed by atoms with Crippen LogP contribution in [0.2, 0.25) is 0 Å². The number of hydrogen-bond donors (Lipinski definition) is 2. The minimum Gasteiger partial charge on any atom is -0.508 e. The van der Waals surface area contributed by atoms with E-state index in [0.29, 0.717) is 17.0 Å². The Bertz CT molecular complexity index is 1240. The van der Waals surface area contributed by atoms with E-state index < -0.39 is 5.91 Å². The van der Waals surface area contributed by atoms with Crippen LogP contribution in [0.5, 0.6) is 5.75 Å². The first-order valence-electron chi connectivity index (χ1n) is 12.1. The molecule has 1 aliphatic carbocycles. The van der Waals surface area contributed by atoms with Gasteiger partial charge in [-0.1, -0.05) is 12.2 Å².